The van der Waals surface area contributed by atoms with Crippen LogP contribution in [0.5, 0.6) is 0 Å². The van der Waals surface area contributed by atoms with Crippen LogP contribution < -0.4 is 10.6 Å². The van der Waals surface area contributed by atoms with Crippen LogP contribution >= 0.6 is 11.6 Å². The smallest absolute Gasteiger partial charge is 0.253 e. The molecule has 21 heavy (non-hydrogen) atoms. The minimum atomic E-state index is -0.131. The second kappa shape index (κ2) is 7.61. The van der Waals surface area contributed by atoms with E-state index in [9.17, 15) is 4.79 Å². The van der Waals surface area contributed by atoms with E-state index >= 15 is 0 Å². The van der Waals surface area contributed by atoms with Crippen molar-refractivity contribution in [1.29, 1.82) is 0 Å². The van der Waals surface area contributed by atoms with Crippen molar-refractivity contribution in [2.24, 2.45) is 0 Å². The van der Waals surface area contributed by atoms with Gasteiger partial charge in [-0.15, -0.1) is 0 Å². The Morgan fingerprint density at radius 3 is 2.95 bits per heavy atom. The highest BCUT2D eigenvalue weighted by atomic mass is 35.5. The molecule has 6 heteroatoms. The molecule has 2 atom stereocenters. The van der Waals surface area contributed by atoms with Crippen LogP contribution in [0.1, 0.15) is 43.0 Å². The molecule has 0 bridgehead atoms. The van der Waals surface area contributed by atoms with E-state index in [4.69, 9.17) is 16.3 Å². The second-order valence-electron chi connectivity index (χ2n) is 5.32. The van der Waals surface area contributed by atoms with E-state index in [1.165, 1.54) is 0 Å². The molecule has 1 aromatic heterocycles. The summed E-state index contributed by atoms with van der Waals surface area (Å²) in [4.78, 5) is 16.4. The number of pyridine rings is 1. The summed E-state index contributed by atoms with van der Waals surface area (Å²) in [6, 6.07) is 1.82. The molecular weight excluding hydrogens is 290 g/mol. The average molecular weight is 312 g/mol. The molecule has 2 unspecified atom stereocenters. The maximum atomic E-state index is 12.2. The molecule has 5 nitrogen and oxygen atoms in total. The van der Waals surface area contributed by atoms with Gasteiger partial charge in [-0.05, 0) is 31.7 Å². The fraction of sp³-hybridized carbons (Fsp3) is 0.600. The van der Waals surface area contributed by atoms with Crippen LogP contribution in [-0.4, -0.2) is 36.7 Å². The Balaban J connectivity index is 1.95. The summed E-state index contributed by atoms with van der Waals surface area (Å²) >= 11 is 6.15. The molecule has 1 aromatic rings. The number of carbonyl (C=O) groups is 1. The molecule has 0 aromatic carbocycles. The normalized spacial score (nSPS) is 21.3. The minimum absolute atomic E-state index is 0.131. The summed E-state index contributed by atoms with van der Waals surface area (Å²) in [5.74, 6) is 0.489. The quantitative estimate of drug-likeness (QED) is 0.848. The number of amides is 1. The summed E-state index contributed by atoms with van der Waals surface area (Å²) in [5, 5.41) is 6.61. The van der Waals surface area contributed by atoms with E-state index in [-0.39, 0.29) is 18.1 Å². The summed E-state index contributed by atoms with van der Waals surface area (Å²) in [6.45, 7) is 2.87. The molecule has 0 radical (unpaired) electrons. The fourth-order valence-electron chi connectivity index (χ4n) is 2.49. The third-order valence-corrected chi connectivity index (χ3v) is 3.99. The van der Waals surface area contributed by atoms with Crippen LogP contribution in [0, 0.1) is 0 Å². The van der Waals surface area contributed by atoms with Crippen LogP contribution in [0.15, 0.2) is 12.3 Å². The molecule has 2 N–H and O–H groups in total. The van der Waals surface area contributed by atoms with E-state index in [1.54, 1.807) is 19.4 Å². The summed E-state index contributed by atoms with van der Waals surface area (Å²) in [6.07, 6.45) is 5.59. The van der Waals surface area contributed by atoms with Crippen molar-refractivity contribution >= 4 is 23.3 Å². The molecule has 1 saturated carbocycles. The van der Waals surface area contributed by atoms with E-state index in [0.29, 0.717) is 16.4 Å². The first-order valence-electron chi connectivity index (χ1n) is 7.37. The number of anilines is 1. The van der Waals surface area contributed by atoms with Gasteiger partial charge in [0.2, 0.25) is 0 Å². The zero-order chi connectivity index (χ0) is 15.2. The Morgan fingerprint density at radius 2 is 2.33 bits per heavy atom. The first-order valence-corrected chi connectivity index (χ1v) is 7.75. The van der Waals surface area contributed by atoms with E-state index in [0.717, 1.165) is 32.2 Å². The number of carbonyl (C=O) groups excluding carboxylic acids is 1. The first kappa shape index (κ1) is 16.0. The third kappa shape index (κ3) is 4.32. The Kier molecular flexibility index (Phi) is 5.82. The number of hydrogen-bond donors (Lipinski definition) is 2. The van der Waals surface area contributed by atoms with Crippen LogP contribution in [0.3, 0.4) is 0 Å². The number of hydrogen-bond acceptors (Lipinski definition) is 4. The third-order valence-electron chi connectivity index (χ3n) is 3.70. The average Bonchev–Trinajstić information content (AvgIpc) is 2.93. The molecule has 1 aliphatic carbocycles. The number of nitrogens with zero attached hydrogens (tertiary/aromatic N) is 1. The molecule has 1 amide bonds. The van der Waals surface area contributed by atoms with Crippen molar-refractivity contribution in [3.05, 3.63) is 22.8 Å². The van der Waals surface area contributed by atoms with Crippen LogP contribution in [0.25, 0.3) is 0 Å². The van der Waals surface area contributed by atoms with Gasteiger partial charge in [-0.2, -0.15) is 0 Å². The van der Waals surface area contributed by atoms with Crippen molar-refractivity contribution in [3.63, 3.8) is 0 Å². The molecular formula is C15H22ClN3O2. The van der Waals surface area contributed by atoms with Gasteiger partial charge in [0.25, 0.3) is 5.91 Å². The highest BCUT2D eigenvalue weighted by Crippen LogP contribution is 2.23. The molecule has 0 spiro atoms. The molecule has 1 heterocycles. The zero-order valence-corrected chi connectivity index (χ0v) is 13.2. The Bertz CT molecular complexity index is 496. The number of ether oxygens (including phenoxy) is 1. The molecule has 116 valence electrons. The van der Waals surface area contributed by atoms with Gasteiger partial charge in [0.05, 0.1) is 16.7 Å². The molecule has 1 aliphatic rings. The predicted molar refractivity (Wildman–Crippen MR) is 83.9 cm³/mol. The predicted octanol–water partition coefficient (Wildman–Crippen LogP) is 2.85. The number of halogens is 1. The summed E-state index contributed by atoms with van der Waals surface area (Å²) in [7, 11) is 1.71. The number of nitrogens with one attached hydrogen (secondary N) is 2. The Labute approximate surface area is 130 Å². The topological polar surface area (TPSA) is 63.2 Å². The van der Waals surface area contributed by atoms with E-state index < -0.39 is 0 Å². The molecule has 0 aliphatic heterocycles. The SMILES string of the molecule is CCCNc1ncc(C(=O)NC2CCC(OC)C2)cc1Cl. The monoisotopic (exact) mass is 311 g/mol. The Hall–Kier alpha value is -1.33. The van der Waals surface area contributed by atoms with Gasteiger partial charge in [-0.3, -0.25) is 4.79 Å². The van der Waals surface area contributed by atoms with Crippen molar-refractivity contribution in [1.82, 2.24) is 10.3 Å². The van der Waals surface area contributed by atoms with Gasteiger partial charge in [-0.25, -0.2) is 4.98 Å². The maximum Gasteiger partial charge on any atom is 0.253 e. The van der Waals surface area contributed by atoms with Crippen LogP contribution in [0.4, 0.5) is 5.82 Å². The largest absolute Gasteiger partial charge is 0.381 e. The van der Waals surface area contributed by atoms with Gasteiger partial charge in [0, 0.05) is 25.9 Å². The number of methoxy groups -OCH3 is 1. The van der Waals surface area contributed by atoms with Gasteiger partial charge in [0.1, 0.15) is 5.82 Å². The fourth-order valence-corrected chi connectivity index (χ4v) is 2.72. The highest BCUT2D eigenvalue weighted by Gasteiger charge is 2.26. The van der Waals surface area contributed by atoms with Gasteiger partial charge in [0.15, 0.2) is 0 Å². The van der Waals surface area contributed by atoms with Crippen LogP contribution in [0.2, 0.25) is 5.02 Å². The molecule has 0 saturated heterocycles. The lowest BCUT2D eigenvalue weighted by Gasteiger charge is -2.13. The standard InChI is InChI=1S/C15H22ClN3O2/c1-3-6-17-14-13(16)7-10(9-18-14)15(20)19-11-4-5-12(8-11)21-2/h7,9,11-12H,3-6,8H2,1-2H3,(H,17,18)(H,19,20). The minimum Gasteiger partial charge on any atom is -0.381 e. The van der Waals surface area contributed by atoms with E-state index in [2.05, 4.69) is 22.5 Å². The van der Waals surface area contributed by atoms with E-state index in [1.807, 2.05) is 0 Å². The van der Waals surface area contributed by atoms with Gasteiger partial charge >= 0.3 is 0 Å². The zero-order valence-electron chi connectivity index (χ0n) is 12.5. The number of rotatable bonds is 6. The van der Waals surface area contributed by atoms with Gasteiger partial charge < -0.3 is 15.4 Å². The summed E-state index contributed by atoms with van der Waals surface area (Å²) < 4.78 is 5.31. The van der Waals surface area contributed by atoms with Crippen molar-refractivity contribution in [2.75, 3.05) is 19.0 Å². The molecule has 2 rings (SSSR count). The van der Waals surface area contributed by atoms with Crippen LogP contribution in [-0.2, 0) is 4.74 Å². The Morgan fingerprint density at radius 1 is 1.52 bits per heavy atom. The van der Waals surface area contributed by atoms with Crippen molar-refractivity contribution in [3.8, 4) is 0 Å². The first-order chi connectivity index (χ1) is 10.1. The molecule has 1 fully saturated rings. The van der Waals surface area contributed by atoms with Crippen molar-refractivity contribution < 1.29 is 9.53 Å². The summed E-state index contributed by atoms with van der Waals surface area (Å²) in [5.41, 5.74) is 0.489. The number of aromatic nitrogens is 1. The lowest BCUT2D eigenvalue weighted by atomic mass is 10.2. The van der Waals surface area contributed by atoms with Crippen molar-refractivity contribution in [2.45, 2.75) is 44.8 Å². The highest BCUT2D eigenvalue weighted by molar-refractivity contribution is 6.33. The second-order valence-corrected chi connectivity index (χ2v) is 5.73. The van der Waals surface area contributed by atoms with Gasteiger partial charge in [-0.1, -0.05) is 18.5 Å². The lowest BCUT2D eigenvalue weighted by Crippen LogP contribution is -2.33. The lowest BCUT2D eigenvalue weighted by molar-refractivity contribution is 0.0914. The maximum absolute atomic E-state index is 12.2.